The minimum atomic E-state index is -0.324. The van der Waals surface area contributed by atoms with Gasteiger partial charge in [-0.1, -0.05) is 28.1 Å². The van der Waals surface area contributed by atoms with Crippen LogP contribution in [-0.4, -0.2) is 19.0 Å². The largest absolute Gasteiger partial charge is 0.368 e. The van der Waals surface area contributed by atoms with E-state index in [1.807, 2.05) is 24.3 Å². The Bertz CT molecular complexity index is 310. The summed E-state index contributed by atoms with van der Waals surface area (Å²) in [5, 5.41) is 2.88. The van der Waals surface area contributed by atoms with Crippen LogP contribution in [0.15, 0.2) is 28.7 Å². The van der Waals surface area contributed by atoms with E-state index in [1.54, 1.807) is 7.05 Å². The van der Waals surface area contributed by atoms with Crippen LogP contribution in [0.2, 0.25) is 0 Å². The van der Waals surface area contributed by atoms with Gasteiger partial charge in [-0.2, -0.15) is 0 Å². The van der Waals surface area contributed by atoms with Gasteiger partial charge in [0, 0.05) is 4.47 Å². The third-order valence-corrected chi connectivity index (χ3v) is 2.57. The monoisotopic (exact) mass is 256 g/mol. The average molecular weight is 257 g/mol. The van der Waals surface area contributed by atoms with Crippen molar-refractivity contribution in [1.29, 1.82) is 0 Å². The van der Waals surface area contributed by atoms with Crippen molar-refractivity contribution in [2.75, 3.05) is 7.05 Å². The highest BCUT2D eigenvalue weighted by Gasteiger charge is 2.12. The molecule has 0 saturated heterocycles. The number of primary amides is 1. The molecule has 1 rings (SSSR count). The number of hydrogen-bond donors (Lipinski definition) is 2. The number of likely N-dealkylation sites (N-methyl/N-ethyl adjacent to an activating group) is 1. The summed E-state index contributed by atoms with van der Waals surface area (Å²) < 4.78 is 1.03. The molecule has 1 amide bonds. The molecule has 76 valence electrons. The lowest BCUT2D eigenvalue weighted by Gasteiger charge is -2.11. The second-order valence-electron chi connectivity index (χ2n) is 3.07. The SMILES string of the molecule is CN[C@@H](Cc1ccc(Br)cc1)C(N)=O. The number of rotatable bonds is 4. The van der Waals surface area contributed by atoms with Crippen LogP contribution < -0.4 is 11.1 Å². The molecule has 0 saturated carbocycles. The Labute approximate surface area is 91.8 Å². The fourth-order valence-corrected chi connectivity index (χ4v) is 1.47. The number of amides is 1. The summed E-state index contributed by atoms with van der Waals surface area (Å²) in [4.78, 5) is 11.0. The number of benzene rings is 1. The molecule has 1 atom stereocenters. The highest BCUT2D eigenvalue weighted by atomic mass is 79.9. The molecule has 1 aromatic carbocycles. The number of nitrogens with one attached hydrogen (secondary N) is 1. The van der Waals surface area contributed by atoms with Crippen LogP contribution in [-0.2, 0) is 11.2 Å². The maximum Gasteiger partial charge on any atom is 0.234 e. The fourth-order valence-electron chi connectivity index (χ4n) is 1.20. The predicted molar refractivity (Wildman–Crippen MR) is 59.9 cm³/mol. The Balaban J connectivity index is 2.67. The average Bonchev–Trinajstić information content (AvgIpc) is 2.16. The lowest BCUT2D eigenvalue weighted by Crippen LogP contribution is -2.40. The molecule has 0 aliphatic rings. The molecule has 14 heavy (non-hydrogen) atoms. The van der Waals surface area contributed by atoms with Gasteiger partial charge >= 0.3 is 0 Å². The number of carbonyl (C=O) groups is 1. The molecule has 0 heterocycles. The van der Waals surface area contributed by atoms with Gasteiger partial charge in [0.05, 0.1) is 6.04 Å². The Morgan fingerprint density at radius 3 is 2.50 bits per heavy atom. The van der Waals surface area contributed by atoms with Crippen LogP contribution in [0.5, 0.6) is 0 Å². The minimum absolute atomic E-state index is 0.295. The van der Waals surface area contributed by atoms with Crippen molar-refractivity contribution in [1.82, 2.24) is 5.32 Å². The van der Waals surface area contributed by atoms with Gasteiger partial charge in [-0.05, 0) is 31.2 Å². The minimum Gasteiger partial charge on any atom is -0.368 e. The summed E-state index contributed by atoms with van der Waals surface area (Å²) >= 11 is 3.35. The summed E-state index contributed by atoms with van der Waals surface area (Å²) in [5.41, 5.74) is 6.30. The van der Waals surface area contributed by atoms with Crippen LogP contribution in [0.4, 0.5) is 0 Å². The van der Waals surface area contributed by atoms with Crippen molar-refractivity contribution in [3.63, 3.8) is 0 Å². The zero-order chi connectivity index (χ0) is 10.6. The van der Waals surface area contributed by atoms with E-state index in [9.17, 15) is 4.79 Å². The van der Waals surface area contributed by atoms with Crippen molar-refractivity contribution >= 4 is 21.8 Å². The van der Waals surface area contributed by atoms with Gasteiger partial charge in [0.1, 0.15) is 0 Å². The highest BCUT2D eigenvalue weighted by Crippen LogP contribution is 2.11. The summed E-state index contributed by atoms with van der Waals surface area (Å²) in [7, 11) is 1.73. The molecule has 0 fully saturated rings. The van der Waals surface area contributed by atoms with E-state index < -0.39 is 0 Å². The number of carbonyl (C=O) groups excluding carboxylic acids is 1. The van der Waals surface area contributed by atoms with E-state index in [4.69, 9.17) is 5.73 Å². The van der Waals surface area contributed by atoms with Crippen LogP contribution in [0.25, 0.3) is 0 Å². The van der Waals surface area contributed by atoms with Crippen LogP contribution >= 0.6 is 15.9 Å². The van der Waals surface area contributed by atoms with Gasteiger partial charge < -0.3 is 11.1 Å². The molecule has 3 N–H and O–H groups in total. The fraction of sp³-hybridized carbons (Fsp3) is 0.300. The zero-order valence-corrected chi connectivity index (χ0v) is 9.54. The summed E-state index contributed by atoms with van der Waals surface area (Å²) in [6.07, 6.45) is 0.624. The van der Waals surface area contributed by atoms with Crippen LogP contribution in [0.1, 0.15) is 5.56 Å². The van der Waals surface area contributed by atoms with Gasteiger partial charge in [-0.15, -0.1) is 0 Å². The molecule has 3 nitrogen and oxygen atoms in total. The summed E-state index contributed by atoms with van der Waals surface area (Å²) in [5.74, 6) is -0.324. The number of hydrogen-bond acceptors (Lipinski definition) is 2. The molecule has 0 radical (unpaired) electrons. The maximum absolute atomic E-state index is 11.0. The normalized spacial score (nSPS) is 12.4. The van der Waals surface area contributed by atoms with E-state index >= 15 is 0 Å². The Kier molecular flexibility index (Phi) is 4.10. The quantitative estimate of drug-likeness (QED) is 0.847. The van der Waals surface area contributed by atoms with Crippen molar-refractivity contribution < 1.29 is 4.79 Å². The van der Waals surface area contributed by atoms with E-state index in [-0.39, 0.29) is 11.9 Å². The van der Waals surface area contributed by atoms with Gasteiger partial charge in [0.2, 0.25) is 5.91 Å². The lowest BCUT2D eigenvalue weighted by molar-refractivity contribution is -0.119. The first-order valence-electron chi connectivity index (χ1n) is 4.34. The van der Waals surface area contributed by atoms with Crippen molar-refractivity contribution in [2.45, 2.75) is 12.5 Å². The molecular formula is C10H13BrN2O. The first-order valence-corrected chi connectivity index (χ1v) is 5.14. The van der Waals surface area contributed by atoms with Gasteiger partial charge in [-0.25, -0.2) is 0 Å². The van der Waals surface area contributed by atoms with Gasteiger partial charge in [0.25, 0.3) is 0 Å². The molecule has 0 bridgehead atoms. The zero-order valence-electron chi connectivity index (χ0n) is 7.96. The molecule has 0 aromatic heterocycles. The lowest BCUT2D eigenvalue weighted by atomic mass is 10.1. The van der Waals surface area contributed by atoms with Crippen LogP contribution in [0, 0.1) is 0 Å². The Morgan fingerprint density at radius 2 is 2.07 bits per heavy atom. The third kappa shape index (κ3) is 3.12. The molecule has 0 aliphatic heterocycles. The van der Waals surface area contributed by atoms with E-state index in [0.717, 1.165) is 10.0 Å². The van der Waals surface area contributed by atoms with E-state index in [1.165, 1.54) is 0 Å². The third-order valence-electron chi connectivity index (χ3n) is 2.04. The van der Waals surface area contributed by atoms with E-state index in [0.29, 0.717) is 6.42 Å². The number of nitrogens with two attached hydrogens (primary N) is 1. The smallest absolute Gasteiger partial charge is 0.234 e. The second-order valence-corrected chi connectivity index (χ2v) is 3.99. The first-order chi connectivity index (χ1) is 6.63. The molecule has 4 heteroatoms. The Morgan fingerprint density at radius 1 is 1.50 bits per heavy atom. The second kappa shape index (κ2) is 5.12. The van der Waals surface area contributed by atoms with Crippen LogP contribution in [0.3, 0.4) is 0 Å². The molecule has 0 aliphatic carbocycles. The molecule has 0 unspecified atom stereocenters. The molecular weight excluding hydrogens is 244 g/mol. The van der Waals surface area contributed by atoms with E-state index in [2.05, 4.69) is 21.2 Å². The van der Waals surface area contributed by atoms with Crippen molar-refractivity contribution in [2.24, 2.45) is 5.73 Å². The van der Waals surface area contributed by atoms with Gasteiger partial charge in [-0.3, -0.25) is 4.79 Å². The standard InChI is InChI=1S/C10H13BrN2O/c1-13-9(10(12)14)6-7-2-4-8(11)5-3-7/h2-5,9,13H,6H2,1H3,(H2,12,14)/t9-/m0/s1. The Hall–Kier alpha value is -0.870. The summed E-state index contributed by atoms with van der Waals surface area (Å²) in [6, 6.07) is 7.54. The predicted octanol–water partition coefficient (Wildman–Crippen LogP) is 1.06. The first kappa shape index (κ1) is 11.2. The maximum atomic E-state index is 11.0. The molecule has 0 spiro atoms. The molecule has 1 aromatic rings. The summed E-state index contributed by atoms with van der Waals surface area (Å²) in [6.45, 7) is 0. The van der Waals surface area contributed by atoms with Gasteiger partial charge in [0.15, 0.2) is 0 Å². The van der Waals surface area contributed by atoms with Crippen molar-refractivity contribution in [3.8, 4) is 0 Å². The van der Waals surface area contributed by atoms with Crippen molar-refractivity contribution in [3.05, 3.63) is 34.3 Å². The highest BCUT2D eigenvalue weighted by molar-refractivity contribution is 9.10. The number of halogens is 1. The topological polar surface area (TPSA) is 55.1 Å².